The SMILES string of the molecule is C[Si]1=C(c2cccc([Si](C)(C)C)n2)C(c2ccccc2)=C(c2ccccc2)C1(C)c1cccc([Si](C)(C)C)n1. The lowest BCUT2D eigenvalue weighted by atomic mass is 9.82. The molecule has 0 amide bonds. The van der Waals surface area contributed by atoms with Crippen LogP contribution in [0.4, 0.5) is 0 Å². The Kier molecular flexibility index (Phi) is 7.20. The molecule has 2 aromatic heterocycles. The molecule has 3 heterocycles. The zero-order valence-corrected chi connectivity index (χ0v) is 27.6. The van der Waals surface area contributed by atoms with Crippen LogP contribution in [0.2, 0.25) is 45.8 Å². The molecular formula is C34H40N2Si3. The molecule has 0 bridgehead atoms. The van der Waals surface area contributed by atoms with Gasteiger partial charge in [-0.1, -0.05) is 119 Å². The minimum absolute atomic E-state index is 0.223. The van der Waals surface area contributed by atoms with Crippen molar-refractivity contribution in [2.45, 2.75) is 57.8 Å². The van der Waals surface area contributed by atoms with Crippen molar-refractivity contribution >= 4 is 51.5 Å². The summed E-state index contributed by atoms with van der Waals surface area (Å²) in [6, 6.07) is 35.5. The molecule has 0 radical (unpaired) electrons. The lowest BCUT2D eigenvalue weighted by Crippen LogP contribution is -2.43. The van der Waals surface area contributed by atoms with E-state index in [-0.39, 0.29) is 5.04 Å². The summed E-state index contributed by atoms with van der Waals surface area (Å²) in [5, 5.41) is 3.74. The number of aromatic nitrogens is 2. The predicted octanol–water partition coefficient (Wildman–Crippen LogP) is 6.92. The lowest BCUT2D eigenvalue weighted by Gasteiger charge is -2.32. The standard InChI is InChI=1S/C34H40N2Si3/c1-34(28-22-16-24-30(36-28)39(6,7)8)32(26-19-13-10-14-20-26)31(25-17-11-9-12-18-25)33(37(34)2)27-21-15-23-29(35-27)38(3,4)5/h9-24H,1-8H3. The van der Waals surface area contributed by atoms with Gasteiger partial charge in [0.2, 0.25) is 0 Å². The molecule has 1 aliphatic rings. The summed E-state index contributed by atoms with van der Waals surface area (Å²) in [6.45, 7) is 19.3. The summed E-state index contributed by atoms with van der Waals surface area (Å²) >= 11 is 0. The van der Waals surface area contributed by atoms with Crippen molar-refractivity contribution in [1.29, 1.82) is 0 Å². The van der Waals surface area contributed by atoms with Crippen molar-refractivity contribution in [2.24, 2.45) is 0 Å². The van der Waals surface area contributed by atoms with Gasteiger partial charge in [0, 0.05) is 24.1 Å². The number of allylic oxidation sites excluding steroid dienone is 2. The lowest BCUT2D eigenvalue weighted by molar-refractivity contribution is 0.830. The molecule has 198 valence electrons. The maximum absolute atomic E-state index is 5.46. The third-order valence-corrected chi connectivity index (χ3v) is 14.9. The summed E-state index contributed by atoms with van der Waals surface area (Å²) in [5.74, 6) is 0. The minimum atomic E-state index is -1.59. The number of nitrogens with zero attached hydrogens (tertiary/aromatic N) is 2. The molecule has 0 saturated heterocycles. The first-order valence-electron chi connectivity index (χ1n) is 14.0. The quantitative estimate of drug-likeness (QED) is 0.239. The van der Waals surface area contributed by atoms with E-state index in [1.54, 1.807) is 0 Å². The fourth-order valence-electron chi connectivity index (χ4n) is 5.69. The molecule has 5 heteroatoms. The van der Waals surface area contributed by atoms with Crippen molar-refractivity contribution in [3.05, 3.63) is 120 Å². The topological polar surface area (TPSA) is 25.8 Å². The fourth-order valence-corrected chi connectivity index (χ4v) is 10.6. The van der Waals surface area contributed by atoms with Gasteiger partial charge in [0.1, 0.15) is 16.1 Å². The normalized spacial score (nSPS) is 18.2. The van der Waals surface area contributed by atoms with E-state index in [0.29, 0.717) is 0 Å². The van der Waals surface area contributed by atoms with Gasteiger partial charge >= 0.3 is 0 Å². The second-order valence-electron chi connectivity index (χ2n) is 12.9. The highest BCUT2D eigenvalue weighted by molar-refractivity contribution is 6.89. The van der Waals surface area contributed by atoms with E-state index < -0.39 is 24.6 Å². The van der Waals surface area contributed by atoms with Gasteiger partial charge in [-0.15, -0.1) is 0 Å². The summed E-state index contributed by atoms with van der Waals surface area (Å²) in [7, 11) is -4.38. The largest absolute Gasteiger partial charge is 0.262 e. The predicted molar refractivity (Wildman–Crippen MR) is 177 cm³/mol. The molecule has 0 aliphatic carbocycles. The van der Waals surface area contributed by atoms with E-state index in [2.05, 4.69) is 150 Å². The Balaban J connectivity index is 1.91. The maximum atomic E-state index is 5.46. The molecule has 1 atom stereocenters. The first kappa shape index (κ1) is 27.6. The molecule has 39 heavy (non-hydrogen) atoms. The third kappa shape index (κ3) is 5.04. The van der Waals surface area contributed by atoms with Crippen LogP contribution in [0.3, 0.4) is 0 Å². The molecule has 1 aliphatic heterocycles. The highest BCUT2D eigenvalue weighted by Crippen LogP contribution is 2.48. The highest BCUT2D eigenvalue weighted by Gasteiger charge is 2.46. The molecular weight excluding hydrogens is 521 g/mol. The number of rotatable bonds is 6. The molecule has 5 rings (SSSR count). The molecule has 1 unspecified atom stereocenters. The Bertz CT molecular complexity index is 1580. The Labute approximate surface area is 238 Å². The van der Waals surface area contributed by atoms with Crippen LogP contribution in [0.25, 0.3) is 11.1 Å². The third-order valence-electron chi connectivity index (χ3n) is 8.05. The van der Waals surface area contributed by atoms with Gasteiger partial charge in [0.15, 0.2) is 0 Å². The van der Waals surface area contributed by atoms with E-state index in [1.807, 2.05) is 0 Å². The van der Waals surface area contributed by atoms with Crippen molar-refractivity contribution in [2.75, 3.05) is 0 Å². The van der Waals surface area contributed by atoms with Crippen molar-refractivity contribution in [3.8, 4) is 0 Å². The van der Waals surface area contributed by atoms with Crippen LogP contribution < -0.4 is 10.6 Å². The summed E-state index contributed by atoms with van der Waals surface area (Å²) in [6.07, 6.45) is 0. The van der Waals surface area contributed by atoms with Gasteiger partial charge in [-0.2, -0.15) is 0 Å². The van der Waals surface area contributed by atoms with Crippen LogP contribution in [0.15, 0.2) is 97.1 Å². The molecule has 2 aromatic carbocycles. The first-order valence-corrected chi connectivity index (χ1v) is 23.0. The van der Waals surface area contributed by atoms with Gasteiger partial charge in [-0.25, -0.2) is 0 Å². The van der Waals surface area contributed by atoms with Gasteiger partial charge < -0.3 is 0 Å². The van der Waals surface area contributed by atoms with Crippen molar-refractivity contribution < 1.29 is 0 Å². The fraction of sp³-hybridized carbons (Fsp3) is 0.265. The number of pyridine rings is 2. The van der Waals surface area contributed by atoms with Gasteiger partial charge in [-0.05, 0) is 58.6 Å². The Morgan fingerprint density at radius 3 is 1.67 bits per heavy atom. The number of benzene rings is 2. The summed E-state index contributed by atoms with van der Waals surface area (Å²) in [5.41, 5.74) is 7.62. The smallest absolute Gasteiger partial charge is 0.101 e. The zero-order valence-electron chi connectivity index (χ0n) is 24.6. The number of hydrogen-bond donors (Lipinski definition) is 0. The van der Waals surface area contributed by atoms with Crippen LogP contribution in [0.1, 0.15) is 29.4 Å². The monoisotopic (exact) mass is 560 g/mol. The van der Waals surface area contributed by atoms with E-state index >= 15 is 0 Å². The Hall–Kier alpha value is -3.00. The molecule has 0 spiro atoms. The molecule has 2 nitrogen and oxygen atoms in total. The second-order valence-corrected chi connectivity index (χ2v) is 25.7. The first-order chi connectivity index (χ1) is 18.4. The second kappa shape index (κ2) is 10.2. The Morgan fingerprint density at radius 1 is 0.590 bits per heavy atom. The number of hydrogen-bond acceptors (Lipinski definition) is 2. The van der Waals surface area contributed by atoms with Crippen molar-refractivity contribution in [3.63, 3.8) is 0 Å². The summed E-state index contributed by atoms with van der Waals surface area (Å²) in [4.78, 5) is 10.9. The molecule has 0 N–H and O–H groups in total. The van der Waals surface area contributed by atoms with Crippen LogP contribution in [0.5, 0.6) is 0 Å². The highest BCUT2D eigenvalue weighted by atomic mass is 28.3. The van der Waals surface area contributed by atoms with E-state index in [9.17, 15) is 0 Å². The van der Waals surface area contributed by atoms with Gasteiger partial charge in [0.25, 0.3) is 0 Å². The van der Waals surface area contributed by atoms with Crippen LogP contribution >= 0.6 is 0 Å². The van der Waals surface area contributed by atoms with Crippen LogP contribution in [-0.2, 0) is 5.04 Å². The minimum Gasteiger partial charge on any atom is -0.262 e. The maximum Gasteiger partial charge on any atom is 0.101 e. The van der Waals surface area contributed by atoms with E-state index in [4.69, 9.17) is 9.97 Å². The molecule has 0 saturated carbocycles. The van der Waals surface area contributed by atoms with Gasteiger partial charge in [-0.3, -0.25) is 9.97 Å². The van der Waals surface area contributed by atoms with E-state index in [1.165, 1.54) is 43.8 Å². The average Bonchev–Trinajstić information content (AvgIpc) is 3.16. The molecule has 4 aromatic rings. The zero-order chi connectivity index (χ0) is 28.0. The van der Waals surface area contributed by atoms with Gasteiger partial charge in [0.05, 0.1) is 11.4 Å². The molecule has 0 fully saturated rings. The summed E-state index contributed by atoms with van der Waals surface area (Å²) < 4.78 is 0. The van der Waals surface area contributed by atoms with Crippen molar-refractivity contribution in [1.82, 2.24) is 9.97 Å². The van der Waals surface area contributed by atoms with Crippen LogP contribution in [-0.4, -0.2) is 39.7 Å². The Morgan fingerprint density at radius 2 is 1.10 bits per heavy atom. The van der Waals surface area contributed by atoms with Crippen LogP contribution in [0, 0.1) is 0 Å². The van der Waals surface area contributed by atoms with E-state index in [0.717, 1.165) is 5.69 Å². The average molecular weight is 561 g/mol.